The van der Waals surface area contributed by atoms with Crippen LogP contribution in [0.5, 0.6) is 0 Å². The third-order valence-electron chi connectivity index (χ3n) is 12.0. The van der Waals surface area contributed by atoms with Gasteiger partial charge in [0.1, 0.15) is 0 Å². The van der Waals surface area contributed by atoms with Gasteiger partial charge in [0.2, 0.25) is 26.8 Å². The van der Waals surface area contributed by atoms with E-state index >= 15 is 0 Å². The molecular formula is C56H56Cl4N8P4. The Labute approximate surface area is 445 Å². The van der Waals surface area contributed by atoms with Crippen molar-refractivity contribution in [3.05, 3.63) is 287 Å². The molecule has 0 spiro atoms. The van der Waals surface area contributed by atoms with Crippen molar-refractivity contribution >= 4 is 71.8 Å². The quantitative estimate of drug-likeness (QED) is 0.0714. The second kappa shape index (κ2) is 24.8. The van der Waals surface area contributed by atoms with E-state index in [4.69, 9.17) is 63.0 Å². The molecule has 0 bridgehead atoms. The Kier molecular flexibility index (Phi) is 18.1. The van der Waals surface area contributed by atoms with E-state index in [1.807, 2.05) is 146 Å². The van der Waals surface area contributed by atoms with Crippen molar-refractivity contribution in [1.29, 1.82) is 0 Å². The van der Waals surface area contributed by atoms with E-state index in [1.54, 1.807) is 0 Å². The molecule has 1 aliphatic heterocycles. The van der Waals surface area contributed by atoms with Crippen LogP contribution < -0.4 is 0 Å². The summed E-state index contributed by atoms with van der Waals surface area (Å²) in [5, 5.41) is 0. The fourth-order valence-corrected chi connectivity index (χ4v) is 30.6. The van der Waals surface area contributed by atoms with E-state index in [-0.39, 0.29) is 0 Å². The molecule has 72 heavy (non-hydrogen) atoms. The van der Waals surface area contributed by atoms with Gasteiger partial charge in [-0.2, -0.15) is 18.1 Å². The smallest absolute Gasteiger partial charge is 0.231 e. The average Bonchev–Trinajstić information content (AvgIpc) is 3.40. The topological polar surface area (TPSA) is 62.4 Å². The highest BCUT2D eigenvalue weighted by atomic mass is 35.7. The Balaban J connectivity index is 1.39. The second-order valence-corrected chi connectivity index (χ2v) is 32.0. The summed E-state index contributed by atoms with van der Waals surface area (Å²) in [5.41, 5.74) is 8.21. The zero-order valence-electron chi connectivity index (χ0n) is 39.6. The number of rotatable bonds is 20. The monoisotopic (exact) mass is 1100 g/mol. The van der Waals surface area contributed by atoms with E-state index in [1.165, 1.54) is 0 Å². The van der Waals surface area contributed by atoms with Gasteiger partial charge in [-0.25, -0.2) is 18.7 Å². The van der Waals surface area contributed by atoms with Crippen LogP contribution in [0.1, 0.15) is 44.5 Å². The minimum atomic E-state index is -3.80. The van der Waals surface area contributed by atoms with Gasteiger partial charge in [-0.05, 0) is 89.5 Å². The van der Waals surface area contributed by atoms with Gasteiger partial charge in [0.25, 0.3) is 0 Å². The maximum absolute atomic E-state index is 8.59. The van der Waals surface area contributed by atoms with Crippen molar-refractivity contribution in [2.75, 3.05) is 0 Å². The third-order valence-corrected chi connectivity index (χ3v) is 30.7. The number of halogens is 4. The predicted molar refractivity (Wildman–Crippen MR) is 309 cm³/mol. The van der Waals surface area contributed by atoms with Crippen LogP contribution in [0.25, 0.3) is 0 Å². The zero-order valence-corrected chi connectivity index (χ0v) is 46.2. The summed E-state index contributed by atoms with van der Waals surface area (Å²) in [4.78, 5) is 0. The average molecular weight is 1110 g/mol. The molecule has 8 nitrogen and oxygen atoms in total. The molecule has 9 rings (SSSR count). The first-order chi connectivity index (χ1) is 35.0. The van der Waals surface area contributed by atoms with Crippen molar-refractivity contribution in [2.45, 2.75) is 52.4 Å². The van der Waals surface area contributed by atoms with Crippen LogP contribution in [0.4, 0.5) is 0 Å². The molecular weight excluding hydrogens is 1050 g/mol. The van der Waals surface area contributed by atoms with Gasteiger partial charge in [-0.15, -0.1) is 0 Å². The van der Waals surface area contributed by atoms with Gasteiger partial charge in [-0.1, -0.05) is 243 Å². The van der Waals surface area contributed by atoms with Crippen LogP contribution in [0.2, 0.25) is 0 Å². The zero-order chi connectivity index (χ0) is 49.7. The van der Waals surface area contributed by atoms with Crippen LogP contribution >= 0.6 is 71.8 Å². The van der Waals surface area contributed by atoms with Crippen LogP contribution in [0.3, 0.4) is 0 Å². The van der Waals surface area contributed by atoms with Crippen molar-refractivity contribution < 1.29 is 0 Å². The first-order valence-corrected chi connectivity index (χ1v) is 33.9. The summed E-state index contributed by atoms with van der Waals surface area (Å²) in [7, 11) is 0. The molecule has 0 N–H and O–H groups in total. The summed E-state index contributed by atoms with van der Waals surface area (Å²) in [5.74, 6) is 0. The van der Waals surface area contributed by atoms with Crippen LogP contribution in [-0.4, -0.2) is 18.7 Å². The number of nitrogens with zero attached hydrogens (tertiary/aromatic N) is 8. The van der Waals surface area contributed by atoms with Gasteiger partial charge in [-0.3, -0.25) is 0 Å². The highest BCUT2D eigenvalue weighted by molar-refractivity contribution is 8.07. The molecule has 0 saturated carbocycles. The Morgan fingerprint density at radius 1 is 0.208 bits per heavy atom. The maximum atomic E-state index is 8.59. The summed E-state index contributed by atoms with van der Waals surface area (Å²) < 4.78 is 32.3. The predicted octanol–water partition coefficient (Wildman–Crippen LogP) is 19.5. The van der Waals surface area contributed by atoms with Crippen molar-refractivity contribution in [2.24, 2.45) is 18.1 Å². The lowest BCUT2D eigenvalue weighted by atomic mass is 10.2. The molecule has 1 heterocycles. The second-order valence-electron chi connectivity index (χ2n) is 17.5. The van der Waals surface area contributed by atoms with Crippen LogP contribution in [0, 0.1) is 0 Å². The van der Waals surface area contributed by atoms with Crippen molar-refractivity contribution in [3.8, 4) is 0 Å². The standard InChI is InChI=1S/C56H56Cl4N8P4/c57-69(65(41-49-25-9-1-10-26-49)42-50-27-11-2-12-28-50)61-70(58,66(43-51-29-13-3-14-30-51)44-52-31-15-4-16-32-52)63-72(60,68(47-55-37-21-7-22-38-55)48-56-39-23-8-24-40-56)64-71(59,62-69)67(45-53-33-17-5-18-34-53)46-54-35-19-6-20-36-54/h1-40H,41-48H2. The molecule has 1 aliphatic rings. The molecule has 0 aliphatic carbocycles. The minimum absolute atomic E-state index is 0.387. The largest absolute Gasteiger partial charge is 0.240 e. The van der Waals surface area contributed by atoms with Gasteiger partial charge in [0, 0.05) is 52.4 Å². The normalized spacial score (nSPS) is 21.0. The fourth-order valence-electron chi connectivity index (χ4n) is 8.40. The third kappa shape index (κ3) is 14.1. The lowest BCUT2D eigenvalue weighted by Crippen LogP contribution is -2.23. The van der Waals surface area contributed by atoms with Crippen LogP contribution in [-0.2, 0) is 52.4 Å². The van der Waals surface area contributed by atoms with Gasteiger partial charge >= 0.3 is 0 Å². The van der Waals surface area contributed by atoms with Crippen molar-refractivity contribution in [3.63, 3.8) is 0 Å². The Morgan fingerprint density at radius 2 is 0.319 bits per heavy atom. The van der Waals surface area contributed by atoms with Crippen molar-refractivity contribution in [1.82, 2.24) is 18.7 Å². The van der Waals surface area contributed by atoms with Gasteiger partial charge < -0.3 is 0 Å². The summed E-state index contributed by atoms with van der Waals surface area (Å²) in [6.07, 6.45) is 0. The molecule has 0 radical (unpaired) electrons. The maximum Gasteiger partial charge on any atom is 0.240 e. The molecule has 368 valence electrons. The highest BCUT2D eigenvalue weighted by Crippen LogP contribution is 2.87. The number of hydrogen-bond acceptors (Lipinski definition) is 8. The molecule has 0 fully saturated rings. The molecule has 0 atom stereocenters. The molecule has 8 aromatic rings. The number of hydrogen-bond donors (Lipinski definition) is 0. The lowest BCUT2D eigenvalue weighted by Gasteiger charge is -2.41. The molecule has 0 unspecified atom stereocenters. The minimum Gasteiger partial charge on any atom is -0.231 e. The van der Waals surface area contributed by atoms with E-state index in [9.17, 15) is 0 Å². The fraction of sp³-hybridized carbons (Fsp3) is 0.143. The Hall–Kier alpha value is -4.32. The van der Waals surface area contributed by atoms with Gasteiger partial charge in [0.05, 0.1) is 0 Å². The highest BCUT2D eigenvalue weighted by Gasteiger charge is 2.44. The molecule has 0 saturated heterocycles. The summed E-state index contributed by atoms with van der Waals surface area (Å²) >= 11 is 34.4. The Bertz CT molecular complexity index is 2580. The van der Waals surface area contributed by atoms with Gasteiger partial charge in [0.15, 0.2) is 0 Å². The molecule has 0 aromatic heterocycles. The summed E-state index contributed by atoms with van der Waals surface area (Å²) in [6, 6.07) is 82.2. The summed E-state index contributed by atoms with van der Waals surface area (Å²) in [6.45, 7) is -12.1. The molecule has 16 heteroatoms. The first kappa shape index (κ1) is 52.5. The molecule has 8 aromatic carbocycles. The lowest BCUT2D eigenvalue weighted by molar-refractivity contribution is 0.433. The van der Waals surface area contributed by atoms with E-state index < -0.39 is 26.8 Å². The van der Waals surface area contributed by atoms with E-state index in [0.29, 0.717) is 52.4 Å². The Morgan fingerprint density at radius 3 is 0.431 bits per heavy atom. The SMILES string of the molecule is ClP1(N(Cc2ccccc2)Cc2ccccc2)=NP(Cl)(N(Cc2ccccc2)Cc2ccccc2)=NP(Cl)(N(Cc2ccccc2)Cc2ccccc2)=NP(Cl)(N(Cc2ccccc2)Cc2ccccc2)=N1. The first-order valence-electron chi connectivity index (χ1n) is 23.7. The van der Waals surface area contributed by atoms with E-state index in [0.717, 1.165) is 44.5 Å². The molecule has 0 amide bonds. The van der Waals surface area contributed by atoms with Crippen LogP contribution in [0.15, 0.2) is 261 Å². The van der Waals surface area contributed by atoms with E-state index in [2.05, 4.69) is 116 Å². The number of benzene rings is 8.